The Kier molecular flexibility index (Phi) is 5.64. The van der Waals surface area contributed by atoms with E-state index in [2.05, 4.69) is 16.0 Å². The minimum Gasteiger partial charge on any atom is -0.357 e. The van der Waals surface area contributed by atoms with Gasteiger partial charge in [0.05, 0.1) is 6.54 Å². The van der Waals surface area contributed by atoms with Gasteiger partial charge < -0.3 is 16.0 Å². The van der Waals surface area contributed by atoms with Crippen LogP contribution in [0, 0.1) is 5.82 Å². The number of rotatable bonds is 5. The highest BCUT2D eigenvalue weighted by molar-refractivity contribution is 5.97. The van der Waals surface area contributed by atoms with Gasteiger partial charge in [0.1, 0.15) is 11.9 Å². The summed E-state index contributed by atoms with van der Waals surface area (Å²) in [6, 6.07) is 4.26. The monoisotopic (exact) mass is 281 g/mol. The molecule has 3 N–H and O–H groups in total. The molecular weight excluding hydrogens is 265 g/mol. The lowest BCUT2D eigenvalue weighted by Gasteiger charge is -2.12. The third kappa shape index (κ3) is 4.68. The minimum atomic E-state index is -0.685. The van der Waals surface area contributed by atoms with E-state index < -0.39 is 23.7 Å². The molecule has 0 radical (unpaired) electrons. The van der Waals surface area contributed by atoms with Crippen LogP contribution in [-0.2, 0) is 9.59 Å². The summed E-state index contributed by atoms with van der Waals surface area (Å²) < 4.78 is 12.7. The number of hydrogen-bond donors (Lipinski definition) is 3. The highest BCUT2D eigenvalue weighted by Gasteiger charge is 2.14. The smallest absolute Gasteiger partial charge is 0.251 e. The maximum Gasteiger partial charge on any atom is 0.251 e. The highest BCUT2D eigenvalue weighted by atomic mass is 19.1. The first-order valence-electron chi connectivity index (χ1n) is 5.98. The predicted molar refractivity (Wildman–Crippen MR) is 70.4 cm³/mol. The zero-order chi connectivity index (χ0) is 15.1. The van der Waals surface area contributed by atoms with Crippen LogP contribution in [0.5, 0.6) is 0 Å². The normalized spacial score (nSPS) is 11.3. The van der Waals surface area contributed by atoms with Gasteiger partial charge in [0.2, 0.25) is 11.8 Å². The first-order chi connectivity index (χ1) is 9.43. The number of carbonyl (C=O) groups excluding carboxylic acids is 3. The first kappa shape index (κ1) is 15.6. The summed E-state index contributed by atoms with van der Waals surface area (Å²) in [4.78, 5) is 34.3. The van der Waals surface area contributed by atoms with Crippen molar-refractivity contribution in [1.29, 1.82) is 0 Å². The Morgan fingerprint density at radius 3 is 2.35 bits per heavy atom. The zero-order valence-electron chi connectivity index (χ0n) is 11.2. The fourth-order valence-electron chi connectivity index (χ4n) is 1.44. The van der Waals surface area contributed by atoms with Gasteiger partial charge in [-0.2, -0.15) is 0 Å². The summed E-state index contributed by atoms with van der Waals surface area (Å²) in [5, 5.41) is 7.19. The maximum absolute atomic E-state index is 12.7. The molecule has 7 heteroatoms. The number of likely N-dealkylation sites (N-methyl/N-ethyl adjacent to an activating group) is 1. The van der Waals surface area contributed by atoms with Crippen molar-refractivity contribution in [3.63, 3.8) is 0 Å². The van der Waals surface area contributed by atoms with Gasteiger partial charge in [0, 0.05) is 12.6 Å². The number of halogens is 1. The summed E-state index contributed by atoms with van der Waals surface area (Å²) in [7, 11) is 1.46. The second-order valence-corrected chi connectivity index (χ2v) is 4.09. The van der Waals surface area contributed by atoms with Gasteiger partial charge in [-0.3, -0.25) is 14.4 Å². The van der Waals surface area contributed by atoms with E-state index in [1.54, 1.807) is 0 Å². The van der Waals surface area contributed by atoms with Crippen LogP contribution in [0.15, 0.2) is 24.3 Å². The molecule has 1 aromatic carbocycles. The molecule has 0 spiro atoms. The van der Waals surface area contributed by atoms with Crippen molar-refractivity contribution in [2.24, 2.45) is 0 Å². The fourth-order valence-corrected chi connectivity index (χ4v) is 1.44. The van der Waals surface area contributed by atoms with Crippen molar-refractivity contribution in [2.45, 2.75) is 13.0 Å². The van der Waals surface area contributed by atoms with E-state index in [9.17, 15) is 18.8 Å². The van der Waals surface area contributed by atoms with Gasteiger partial charge in [-0.05, 0) is 31.2 Å². The number of amides is 3. The predicted octanol–water partition coefficient (Wildman–Crippen LogP) is -0.194. The van der Waals surface area contributed by atoms with Crippen LogP contribution in [0.1, 0.15) is 17.3 Å². The molecular formula is C13H16FN3O3. The first-order valence-corrected chi connectivity index (χ1v) is 5.98. The molecule has 1 aromatic rings. The van der Waals surface area contributed by atoms with E-state index in [1.165, 1.54) is 26.1 Å². The molecule has 6 nitrogen and oxygen atoms in total. The van der Waals surface area contributed by atoms with Gasteiger partial charge >= 0.3 is 0 Å². The Morgan fingerprint density at radius 2 is 1.80 bits per heavy atom. The van der Waals surface area contributed by atoms with Gasteiger partial charge in [-0.25, -0.2) is 4.39 Å². The Hall–Kier alpha value is -2.44. The topological polar surface area (TPSA) is 87.3 Å². The van der Waals surface area contributed by atoms with Crippen LogP contribution in [-0.4, -0.2) is 37.4 Å². The lowest BCUT2D eigenvalue weighted by Crippen LogP contribution is -2.47. The Morgan fingerprint density at radius 1 is 1.20 bits per heavy atom. The van der Waals surface area contributed by atoms with Crippen molar-refractivity contribution in [1.82, 2.24) is 16.0 Å². The molecule has 1 unspecified atom stereocenters. The Balaban J connectivity index is 2.43. The van der Waals surface area contributed by atoms with Gasteiger partial charge in [-0.15, -0.1) is 0 Å². The average Bonchev–Trinajstić information content (AvgIpc) is 2.44. The third-order valence-corrected chi connectivity index (χ3v) is 2.53. The van der Waals surface area contributed by atoms with E-state index in [4.69, 9.17) is 0 Å². The number of nitrogens with one attached hydrogen (secondary N) is 3. The molecule has 1 rings (SSSR count). The minimum absolute atomic E-state index is 0.249. The molecule has 0 aliphatic carbocycles. The molecule has 3 amide bonds. The van der Waals surface area contributed by atoms with Crippen molar-refractivity contribution in [3.05, 3.63) is 35.6 Å². The van der Waals surface area contributed by atoms with Crippen molar-refractivity contribution < 1.29 is 18.8 Å². The SMILES string of the molecule is CNC(=O)C(C)NC(=O)CNC(=O)c1ccc(F)cc1. The summed E-state index contributed by atoms with van der Waals surface area (Å²) in [6.45, 7) is 1.26. The second kappa shape index (κ2) is 7.22. The number of benzene rings is 1. The van der Waals surface area contributed by atoms with E-state index in [1.807, 2.05) is 0 Å². The van der Waals surface area contributed by atoms with Crippen molar-refractivity contribution >= 4 is 17.7 Å². The van der Waals surface area contributed by atoms with E-state index in [0.717, 1.165) is 12.1 Å². The van der Waals surface area contributed by atoms with Crippen LogP contribution < -0.4 is 16.0 Å². The molecule has 1 atom stereocenters. The summed E-state index contributed by atoms with van der Waals surface area (Å²) in [5.41, 5.74) is 0.249. The molecule has 0 heterocycles. The van der Waals surface area contributed by atoms with Crippen molar-refractivity contribution in [3.8, 4) is 0 Å². The van der Waals surface area contributed by atoms with E-state index in [0.29, 0.717) is 0 Å². The van der Waals surface area contributed by atoms with Crippen LogP contribution in [0.2, 0.25) is 0 Å². The van der Waals surface area contributed by atoms with Gasteiger partial charge in [-0.1, -0.05) is 0 Å². The third-order valence-electron chi connectivity index (χ3n) is 2.53. The number of carbonyl (C=O) groups is 3. The average molecular weight is 281 g/mol. The van der Waals surface area contributed by atoms with Crippen LogP contribution in [0.3, 0.4) is 0 Å². The standard InChI is InChI=1S/C13H16FN3O3/c1-8(12(19)15-2)17-11(18)7-16-13(20)9-3-5-10(14)6-4-9/h3-6,8H,7H2,1-2H3,(H,15,19)(H,16,20)(H,17,18). The molecule has 108 valence electrons. The second-order valence-electron chi connectivity index (χ2n) is 4.09. The molecule has 0 aliphatic rings. The molecule has 0 fully saturated rings. The zero-order valence-corrected chi connectivity index (χ0v) is 11.2. The van der Waals surface area contributed by atoms with Crippen LogP contribution in [0.4, 0.5) is 4.39 Å². The fraction of sp³-hybridized carbons (Fsp3) is 0.308. The number of hydrogen-bond acceptors (Lipinski definition) is 3. The Labute approximate surface area is 115 Å². The van der Waals surface area contributed by atoms with E-state index >= 15 is 0 Å². The highest BCUT2D eigenvalue weighted by Crippen LogP contribution is 2.02. The molecule has 0 bridgehead atoms. The van der Waals surface area contributed by atoms with Crippen LogP contribution >= 0.6 is 0 Å². The molecule has 0 saturated carbocycles. The summed E-state index contributed by atoms with van der Waals surface area (Å²) in [5.74, 6) is -1.76. The lowest BCUT2D eigenvalue weighted by atomic mass is 10.2. The summed E-state index contributed by atoms with van der Waals surface area (Å²) in [6.07, 6.45) is 0. The lowest BCUT2D eigenvalue weighted by molar-refractivity contribution is -0.127. The van der Waals surface area contributed by atoms with Crippen LogP contribution in [0.25, 0.3) is 0 Å². The summed E-state index contributed by atoms with van der Waals surface area (Å²) >= 11 is 0. The molecule has 0 aliphatic heterocycles. The Bertz CT molecular complexity index is 502. The molecule has 0 aromatic heterocycles. The van der Waals surface area contributed by atoms with E-state index in [-0.39, 0.29) is 18.0 Å². The quantitative estimate of drug-likeness (QED) is 0.699. The maximum atomic E-state index is 12.7. The molecule has 20 heavy (non-hydrogen) atoms. The largest absolute Gasteiger partial charge is 0.357 e. The van der Waals surface area contributed by atoms with Crippen molar-refractivity contribution in [2.75, 3.05) is 13.6 Å². The van der Waals surface area contributed by atoms with Gasteiger partial charge in [0.15, 0.2) is 0 Å². The van der Waals surface area contributed by atoms with Gasteiger partial charge in [0.25, 0.3) is 5.91 Å². The molecule has 0 saturated heterocycles.